The van der Waals surface area contributed by atoms with Crippen molar-refractivity contribution in [2.45, 2.75) is 51.1 Å². The van der Waals surface area contributed by atoms with E-state index in [1.165, 1.54) is 5.56 Å². The van der Waals surface area contributed by atoms with Crippen LogP contribution in [0.2, 0.25) is 0 Å². The summed E-state index contributed by atoms with van der Waals surface area (Å²) in [5, 5.41) is 6.61. The zero-order chi connectivity index (χ0) is 14.2. The molecular formula is C17H24N2O. The molecule has 1 amide bonds. The zero-order valence-corrected chi connectivity index (χ0v) is 12.4. The maximum absolute atomic E-state index is 12.5. The molecule has 3 rings (SSSR count). The molecule has 2 N–H and O–H groups in total. The lowest BCUT2D eigenvalue weighted by Gasteiger charge is -2.38. The Labute approximate surface area is 121 Å². The van der Waals surface area contributed by atoms with E-state index in [9.17, 15) is 4.79 Å². The summed E-state index contributed by atoms with van der Waals surface area (Å²) in [5.41, 5.74) is 1.40. The van der Waals surface area contributed by atoms with Gasteiger partial charge < -0.3 is 10.6 Å². The molecule has 1 saturated heterocycles. The van der Waals surface area contributed by atoms with Gasteiger partial charge in [0.2, 0.25) is 5.91 Å². The second kappa shape index (κ2) is 5.21. The highest BCUT2D eigenvalue weighted by Gasteiger charge is 2.43. The van der Waals surface area contributed by atoms with Crippen LogP contribution in [-0.4, -0.2) is 24.5 Å². The molecule has 3 atom stereocenters. The molecule has 1 aliphatic heterocycles. The van der Waals surface area contributed by atoms with Gasteiger partial charge in [-0.1, -0.05) is 44.2 Å². The first-order valence-electron chi connectivity index (χ1n) is 7.67. The second-order valence-corrected chi connectivity index (χ2v) is 6.85. The van der Waals surface area contributed by atoms with Crippen LogP contribution in [0.3, 0.4) is 0 Å². The lowest BCUT2D eigenvalue weighted by molar-refractivity contribution is -0.126. The summed E-state index contributed by atoms with van der Waals surface area (Å²) in [6.45, 7) is 5.32. The van der Waals surface area contributed by atoms with Crippen molar-refractivity contribution >= 4 is 5.91 Å². The monoisotopic (exact) mass is 272 g/mol. The molecule has 1 aliphatic carbocycles. The third kappa shape index (κ3) is 2.73. The van der Waals surface area contributed by atoms with Crippen molar-refractivity contribution in [3.05, 3.63) is 35.9 Å². The van der Waals surface area contributed by atoms with Crippen LogP contribution in [0.15, 0.2) is 30.3 Å². The van der Waals surface area contributed by atoms with E-state index in [2.05, 4.69) is 48.7 Å². The van der Waals surface area contributed by atoms with Gasteiger partial charge in [0.05, 0.1) is 6.04 Å². The van der Waals surface area contributed by atoms with Gasteiger partial charge in [0.25, 0.3) is 0 Å². The first kappa shape index (κ1) is 13.6. The van der Waals surface area contributed by atoms with Crippen LogP contribution in [0, 0.1) is 5.41 Å². The van der Waals surface area contributed by atoms with Crippen LogP contribution in [0.25, 0.3) is 0 Å². The van der Waals surface area contributed by atoms with Crippen molar-refractivity contribution in [3.63, 3.8) is 0 Å². The largest absolute Gasteiger partial charge is 0.351 e. The van der Waals surface area contributed by atoms with E-state index < -0.39 is 0 Å². The molecule has 3 nitrogen and oxygen atoms in total. The predicted molar refractivity (Wildman–Crippen MR) is 80.5 cm³/mol. The smallest absolute Gasteiger partial charge is 0.237 e. The van der Waals surface area contributed by atoms with E-state index >= 15 is 0 Å². The Bertz CT molecular complexity index is 483. The Hall–Kier alpha value is -1.35. The zero-order valence-electron chi connectivity index (χ0n) is 12.4. The summed E-state index contributed by atoms with van der Waals surface area (Å²) in [6.07, 6.45) is 3.35. The third-order valence-electron chi connectivity index (χ3n) is 4.74. The molecule has 3 heteroatoms. The van der Waals surface area contributed by atoms with Crippen molar-refractivity contribution in [2.75, 3.05) is 6.54 Å². The van der Waals surface area contributed by atoms with Crippen molar-refractivity contribution in [1.82, 2.24) is 10.6 Å². The van der Waals surface area contributed by atoms with Gasteiger partial charge in [-0.2, -0.15) is 0 Å². The van der Waals surface area contributed by atoms with Gasteiger partial charge in [-0.05, 0) is 36.8 Å². The summed E-state index contributed by atoms with van der Waals surface area (Å²) in [4.78, 5) is 12.5. The minimum Gasteiger partial charge on any atom is -0.351 e. The van der Waals surface area contributed by atoms with E-state index in [4.69, 9.17) is 0 Å². The van der Waals surface area contributed by atoms with E-state index in [1.54, 1.807) is 0 Å². The molecule has 1 aromatic carbocycles. The summed E-state index contributed by atoms with van der Waals surface area (Å²) in [6, 6.07) is 10.8. The van der Waals surface area contributed by atoms with Gasteiger partial charge in [0.15, 0.2) is 0 Å². The van der Waals surface area contributed by atoms with Gasteiger partial charge in [-0.15, -0.1) is 0 Å². The lowest BCUT2D eigenvalue weighted by Crippen LogP contribution is -2.56. The van der Waals surface area contributed by atoms with Crippen LogP contribution in [-0.2, 0) is 4.79 Å². The van der Waals surface area contributed by atoms with Gasteiger partial charge >= 0.3 is 0 Å². The first-order chi connectivity index (χ1) is 9.58. The Morgan fingerprint density at radius 1 is 1.30 bits per heavy atom. The summed E-state index contributed by atoms with van der Waals surface area (Å²) in [5.74, 6) is 0.685. The molecule has 2 aliphatic rings. The van der Waals surface area contributed by atoms with Crippen LogP contribution in [0.1, 0.15) is 44.6 Å². The fourth-order valence-electron chi connectivity index (χ4n) is 3.35. The number of hydrogen-bond acceptors (Lipinski definition) is 2. The van der Waals surface area contributed by atoms with Crippen LogP contribution < -0.4 is 10.6 Å². The highest BCUT2D eigenvalue weighted by molar-refractivity contribution is 5.83. The number of carbonyl (C=O) groups excluding carboxylic acids is 1. The quantitative estimate of drug-likeness (QED) is 0.887. The highest BCUT2D eigenvalue weighted by atomic mass is 16.2. The fraction of sp³-hybridized carbons (Fsp3) is 0.588. The van der Waals surface area contributed by atoms with Gasteiger partial charge in [-0.3, -0.25) is 4.79 Å². The predicted octanol–water partition coefficient (Wildman–Crippen LogP) is 2.44. The average molecular weight is 272 g/mol. The molecule has 20 heavy (non-hydrogen) atoms. The van der Waals surface area contributed by atoms with Gasteiger partial charge in [0.1, 0.15) is 0 Å². The standard InChI is InChI=1S/C17H24N2O/c1-17(2)9-6-10-18-15(17)16(20)19-14-11-13(14)12-7-4-3-5-8-12/h3-5,7-8,13-15,18H,6,9-11H2,1-2H3,(H,19,20). The van der Waals surface area contributed by atoms with E-state index in [-0.39, 0.29) is 17.4 Å². The average Bonchev–Trinajstić information content (AvgIpc) is 3.18. The SMILES string of the molecule is CC1(C)CCCNC1C(=O)NC1CC1c1ccccc1. The minimum atomic E-state index is -0.0479. The summed E-state index contributed by atoms with van der Waals surface area (Å²) in [7, 11) is 0. The molecule has 108 valence electrons. The molecular weight excluding hydrogens is 248 g/mol. The molecule has 1 aromatic rings. The van der Waals surface area contributed by atoms with Crippen LogP contribution >= 0.6 is 0 Å². The molecule has 0 aromatic heterocycles. The maximum Gasteiger partial charge on any atom is 0.237 e. The van der Waals surface area contributed by atoms with Gasteiger partial charge in [0, 0.05) is 12.0 Å². The van der Waals surface area contributed by atoms with E-state index in [1.807, 2.05) is 6.07 Å². The van der Waals surface area contributed by atoms with Crippen LogP contribution in [0.5, 0.6) is 0 Å². The van der Waals surface area contributed by atoms with E-state index in [0.29, 0.717) is 12.0 Å². The van der Waals surface area contributed by atoms with Crippen molar-refractivity contribution in [3.8, 4) is 0 Å². The van der Waals surface area contributed by atoms with Gasteiger partial charge in [-0.25, -0.2) is 0 Å². The van der Waals surface area contributed by atoms with Crippen molar-refractivity contribution in [2.24, 2.45) is 5.41 Å². The number of benzene rings is 1. The number of rotatable bonds is 3. The molecule has 0 bridgehead atoms. The maximum atomic E-state index is 12.5. The van der Waals surface area contributed by atoms with Crippen molar-refractivity contribution < 1.29 is 4.79 Å². The number of piperidine rings is 1. The Kier molecular flexibility index (Phi) is 3.55. The lowest BCUT2D eigenvalue weighted by atomic mass is 9.77. The summed E-state index contributed by atoms with van der Waals surface area (Å²) < 4.78 is 0. The minimum absolute atomic E-state index is 0.0479. The molecule has 2 fully saturated rings. The number of hydrogen-bond donors (Lipinski definition) is 2. The number of nitrogens with one attached hydrogen (secondary N) is 2. The Morgan fingerprint density at radius 3 is 2.75 bits per heavy atom. The molecule has 3 unspecified atom stereocenters. The molecule has 0 radical (unpaired) electrons. The highest BCUT2D eigenvalue weighted by Crippen LogP contribution is 2.41. The summed E-state index contributed by atoms with van der Waals surface area (Å²) >= 11 is 0. The number of carbonyl (C=O) groups is 1. The topological polar surface area (TPSA) is 41.1 Å². The van der Waals surface area contributed by atoms with Crippen molar-refractivity contribution in [1.29, 1.82) is 0 Å². The molecule has 1 saturated carbocycles. The second-order valence-electron chi connectivity index (χ2n) is 6.85. The number of amides is 1. The molecule has 0 spiro atoms. The molecule has 1 heterocycles. The van der Waals surface area contributed by atoms with Crippen LogP contribution in [0.4, 0.5) is 0 Å². The fourth-order valence-corrected chi connectivity index (χ4v) is 3.35. The normalized spacial score (nSPS) is 31.6. The van der Waals surface area contributed by atoms with E-state index in [0.717, 1.165) is 25.8 Å². The first-order valence-corrected chi connectivity index (χ1v) is 7.67. The Morgan fingerprint density at radius 2 is 2.05 bits per heavy atom. The Balaban J connectivity index is 1.58. The third-order valence-corrected chi connectivity index (χ3v) is 4.74.